The summed E-state index contributed by atoms with van der Waals surface area (Å²) in [7, 11) is 0. The monoisotopic (exact) mass is 494 g/mol. The summed E-state index contributed by atoms with van der Waals surface area (Å²) < 4.78 is 49.8. The van der Waals surface area contributed by atoms with Crippen molar-refractivity contribution >= 4 is 23.4 Å². The highest BCUT2D eigenvalue weighted by Gasteiger charge is 2.33. The molecule has 2 aliphatic rings. The van der Waals surface area contributed by atoms with Gasteiger partial charge in [0.05, 0.1) is 22.2 Å². The number of nitrogens with one attached hydrogen (secondary N) is 1. The SMILES string of the molecule is O=C(NC1CCC(C(Cc2ccccc2)N=C2COCO2)CC1)c1cc(C(F)(F)F)ccc1Cl. The fourth-order valence-electron chi connectivity index (χ4n) is 4.50. The smallest absolute Gasteiger partial charge is 0.416 e. The van der Waals surface area contributed by atoms with E-state index in [1.807, 2.05) is 18.2 Å². The Kier molecular flexibility index (Phi) is 7.78. The second-order valence-corrected chi connectivity index (χ2v) is 9.08. The minimum absolute atomic E-state index is 0.00304. The molecular formula is C25H26ClF3N2O3. The van der Waals surface area contributed by atoms with Crippen LogP contribution in [0.3, 0.4) is 0 Å². The molecule has 2 aromatic carbocycles. The van der Waals surface area contributed by atoms with Gasteiger partial charge in [-0.1, -0.05) is 41.9 Å². The van der Waals surface area contributed by atoms with Crippen molar-refractivity contribution in [3.63, 3.8) is 0 Å². The predicted molar refractivity (Wildman–Crippen MR) is 123 cm³/mol. The summed E-state index contributed by atoms with van der Waals surface area (Å²) in [6.07, 6.45) is -0.690. The van der Waals surface area contributed by atoms with Crippen molar-refractivity contribution in [2.24, 2.45) is 10.9 Å². The van der Waals surface area contributed by atoms with E-state index in [1.165, 1.54) is 5.56 Å². The van der Waals surface area contributed by atoms with Crippen LogP contribution in [0.15, 0.2) is 53.5 Å². The Labute approximate surface area is 201 Å². The molecule has 34 heavy (non-hydrogen) atoms. The van der Waals surface area contributed by atoms with Crippen molar-refractivity contribution in [2.45, 2.75) is 50.4 Å². The molecule has 0 radical (unpaired) electrons. The molecule has 0 bridgehead atoms. The Morgan fingerprint density at radius 2 is 1.85 bits per heavy atom. The lowest BCUT2D eigenvalue weighted by atomic mass is 9.79. The van der Waals surface area contributed by atoms with Gasteiger partial charge in [0.2, 0.25) is 5.90 Å². The van der Waals surface area contributed by atoms with Crippen molar-refractivity contribution in [1.29, 1.82) is 0 Å². The summed E-state index contributed by atoms with van der Waals surface area (Å²) in [5, 5.41) is 2.86. The number of benzene rings is 2. The second-order valence-electron chi connectivity index (χ2n) is 8.67. The van der Waals surface area contributed by atoms with Gasteiger partial charge < -0.3 is 14.8 Å². The maximum Gasteiger partial charge on any atom is 0.416 e. The normalized spacial score (nSPS) is 22.9. The predicted octanol–water partition coefficient (Wildman–Crippen LogP) is 5.66. The lowest BCUT2D eigenvalue weighted by Gasteiger charge is -2.33. The Morgan fingerprint density at radius 3 is 2.50 bits per heavy atom. The zero-order chi connectivity index (χ0) is 24.1. The van der Waals surface area contributed by atoms with Gasteiger partial charge in [0, 0.05) is 6.04 Å². The summed E-state index contributed by atoms with van der Waals surface area (Å²) in [5.74, 6) is 0.315. The molecule has 1 unspecified atom stereocenters. The molecule has 2 fully saturated rings. The molecule has 1 heterocycles. The summed E-state index contributed by atoms with van der Waals surface area (Å²) in [4.78, 5) is 17.5. The van der Waals surface area contributed by atoms with Crippen LogP contribution in [0.25, 0.3) is 0 Å². The van der Waals surface area contributed by atoms with Crippen molar-refractivity contribution in [2.75, 3.05) is 13.4 Å². The van der Waals surface area contributed by atoms with Gasteiger partial charge >= 0.3 is 6.18 Å². The molecule has 1 aliphatic heterocycles. The fourth-order valence-corrected chi connectivity index (χ4v) is 4.70. The van der Waals surface area contributed by atoms with Crippen LogP contribution in [0.4, 0.5) is 13.2 Å². The summed E-state index contributed by atoms with van der Waals surface area (Å²) in [6, 6.07) is 12.8. The molecule has 2 aromatic rings. The summed E-state index contributed by atoms with van der Waals surface area (Å²) in [6.45, 7) is 0.586. The van der Waals surface area contributed by atoms with E-state index >= 15 is 0 Å². The van der Waals surface area contributed by atoms with E-state index in [2.05, 4.69) is 17.4 Å². The van der Waals surface area contributed by atoms with Crippen LogP contribution in [0.2, 0.25) is 5.02 Å². The van der Waals surface area contributed by atoms with E-state index in [0.717, 1.165) is 37.5 Å². The van der Waals surface area contributed by atoms with E-state index in [4.69, 9.17) is 26.1 Å². The van der Waals surface area contributed by atoms with E-state index in [1.54, 1.807) is 0 Å². The molecule has 4 rings (SSSR count). The lowest BCUT2D eigenvalue weighted by molar-refractivity contribution is -0.137. The van der Waals surface area contributed by atoms with E-state index in [0.29, 0.717) is 31.3 Å². The molecule has 0 spiro atoms. The maximum absolute atomic E-state index is 13.0. The van der Waals surface area contributed by atoms with Crippen molar-refractivity contribution in [3.05, 3.63) is 70.2 Å². The number of nitrogens with zero attached hydrogens (tertiary/aromatic N) is 1. The number of ether oxygens (including phenoxy) is 2. The quantitative estimate of drug-likeness (QED) is 0.563. The molecule has 1 saturated carbocycles. The van der Waals surface area contributed by atoms with Crippen molar-refractivity contribution in [1.82, 2.24) is 5.32 Å². The van der Waals surface area contributed by atoms with Gasteiger partial charge in [-0.3, -0.25) is 4.79 Å². The largest absolute Gasteiger partial charge is 0.452 e. The van der Waals surface area contributed by atoms with Gasteiger partial charge in [0.1, 0.15) is 6.61 Å². The third-order valence-corrected chi connectivity index (χ3v) is 6.65. The zero-order valence-corrected chi connectivity index (χ0v) is 19.2. The highest BCUT2D eigenvalue weighted by atomic mass is 35.5. The second kappa shape index (κ2) is 10.8. The molecule has 1 N–H and O–H groups in total. The van der Waals surface area contributed by atoms with Gasteiger partial charge in [0.25, 0.3) is 5.91 Å². The minimum atomic E-state index is -4.54. The zero-order valence-electron chi connectivity index (χ0n) is 18.5. The van der Waals surface area contributed by atoms with Gasteiger partial charge in [-0.25, -0.2) is 4.99 Å². The number of carbonyl (C=O) groups is 1. The summed E-state index contributed by atoms with van der Waals surface area (Å²) in [5.41, 5.74) is 0.127. The van der Waals surface area contributed by atoms with Gasteiger partial charge in [-0.05, 0) is 61.8 Å². The number of halogens is 4. The first kappa shape index (κ1) is 24.5. The van der Waals surface area contributed by atoms with Gasteiger partial charge in [-0.2, -0.15) is 13.2 Å². The van der Waals surface area contributed by atoms with E-state index in [9.17, 15) is 18.0 Å². The van der Waals surface area contributed by atoms with Gasteiger partial charge in [0.15, 0.2) is 6.79 Å². The first-order valence-electron chi connectivity index (χ1n) is 11.3. The van der Waals surface area contributed by atoms with Crippen LogP contribution in [0.5, 0.6) is 0 Å². The number of rotatable bonds is 6. The maximum atomic E-state index is 13.0. The van der Waals surface area contributed by atoms with Crippen LogP contribution in [0, 0.1) is 5.92 Å². The Hall–Kier alpha value is -2.58. The van der Waals surface area contributed by atoms with Crippen LogP contribution >= 0.6 is 11.6 Å². The topological polar surface area (TPSA) is 59.9 Å². The average Bonchev–Trinajstić information content (AvgIpc) is 3.32. The Morgan fingerprint density at radius 1 is 1.12 bits per heavy atom. The third-order valence-electron chi connectivity index (χ3n) is 6.32. The summed E-state index contributed by atoms with van der Waals surface area (Å²) >= 11 is 6.02. The number of hydrogen-bond donors (Lipinski definition) is 1. The van der Waals surface area contributed by atoms with Gasteiger partial charge in [-0.15, -0.1) is 0 Å². The van der Waals surface area contributed by atoms with Crippen LogP contribution in [-0.2, 0) is 22.1 Å². The first-order chi connectivity index (χ1) is 16.3. The number of hydrogen-bond acceptors (Lipinski definition) is 4. The van der Waals surface area contributed by atoms with Crippen LogP contribution in [0.1, 0.15) is 47.2 Å². The van der Waals surface area contributed by atoms with Crippen molar-refractivity contribution in [3.8, 4) is 0 Å². The molecule has 9 heteroatoms. The molecular weight excluding hydrogens is 469 g/mol. The van der Waals surface area contributed by atoms with Crippen LogP contribution in [-0.4, -0.2) is 37.3 Å². The molecule has 1 atom stereocenters. The Balaban J connectivity index is 1.39. The molecule has 182 valence electrons. The number of aliphatic imine (C=N–C) groups is 1. The molecule has 5 nitrogen and oxygen atoms in total. The third kappa shape index (κ3) is 6.30. The van der Waals surface area contributed by atoms with E-state index < -0.39 is 17.6 Å². The molecule has 1 saturated heterocycles. The molecule has 0 aromatic heterocycles. The van der Waals surface area contributed by atoms with Crippen molar-refractivity contribution < 1.29 is 27.4 Å². The molecule has 1 aliphatic carbocycles. The number of carbonyl (C=O) groups excluding carboxylic acids is 1. The molecule has 1 amide bonds. The first-order valence-corrected chi connectivity index (χ1v) is 11.7. The Bertz CT molecular complexity index is 1010. The number of alkyl halides is 3. The number of amides is 1. The highest BCUT2D eigenvalue weighted by molar-refractivity contribution is 6.33. The van der Waals surface area contributed by atoms with E-state index in [-0.39, 0.29) is 29.5 Å². The average molecular weight is 495 g/mol. The highest BCUT2D eigenvalue weighted by Crippen LogP contribution is 2.33. The standard InChI is InChI=1S/C25H26ClF3N2O3/c26-21-11-8-18(25(27,28)29)13-20(21)24(32)30-19-9-6-17(7-10-19)22(31-23-14-33-15-34-23)12-16-4-2-1-3-5-16/h1-5,8,11,13,17,19,22H,6-7,9-10,12,14-15H2,(H,30,32). The minimum Gasteiger partial charge on any atom is -0.452 e. The fraction of sp³-hybridized carbons (Fsp3) is 0.440. The lowest BCUT2D eigenvalue weighted by Crippen LogP contribution is -2.39. The van der Waals surface area contributed by atoms with Crippen LogP contribution < -0.4 is 5.32 Å².